The van der Waals surface area contributed by atoms with E-state index in [9.17, 15) is 8.42 Å². The first-order valence-electron chi connectivity index (χ1n) is 7.41. The van der Waals surface area contributed by atoms with Gasteiger partial charge in [0, 0.05) is 28.7 Å². The van der Waals surface area contributed by atoms with Gasteiger partial charge in [0.15, 0.2) is 0 Å². The van der Waals surface area contributed by atoms with Crippen molar-refractivity contribution in [1.82, 2.24) is 9.78 Å². The van der Waals surface area contributed by atoms with Crippen molar-refractivity contribution in [1.29, 1.82) is 0 Å². The summed E-state index contributed by atoms with van der Waals surface area (Å²) in [4.78, 5) is 0. The van der Waals surface area contributed by atoms with Crippen LogP contribution in [0.25, 0.3) is 11.3 Å². The summed E-state index contributed by atoms with van der Waals surface area (Å²) in [5.74, 6) is 0.397. The van der Waals surface area contributed by atoms with Crippen LogP contribution in [0.4, 0.5) is 5.69 Å². The van der Waals surface area contributed by atoms with Gasteiger partial charge in [0.25, 0.3) is 10.0 Å². The number of halogens is 1. The van der Waals surface area contributed by atoms with Gasteiger partial charge in [0.2, 0.25) is 0 Å². The normalized spacial score (nSPS) is 11.5. The van der Waals surface area contributed by atoms with Crippen LogP contribution in [0.15, 0.2) is 46.1 Å². The number of aromatic nitrogens is 2. The number of ether oxygens (including phenoxy) is 1. The minimum Gasteiger partial charge on any atom is -0.495 e. The Bertz CT molecular complexity index is 996. The number of rotatable bonds is 6. The zero-order valence-electron chi connectivity index (χ0n) is 13.6. The van der Waals surface area contributed by atoms with Crippen LogP contribution in [0, 0.1) is 0 Å². The lowest BCUT2D eigenvalue weighted by Gasteiger charge is -2.11. The summed E-state index contributed by atoms with van der Waals surface area (Å²) in [6.45, 7) is 2.69. The third-order valence-electron chi connectivity index (χ3n) is 3.56. The molecule has 0 saturated carbocycles. The molecule has 25 heavy (non-hydrogen) atoms. The van der Waals surface area contributed by atoms with Crippen LogP contribution in [0.5, 0.6) is 5.75 Å². The minimum absolute atomic E-state index is 0.202. The zero-order valence-corrected chi connectivity index (χ0v) is 16.0. The monoisotopic (exact) mass is 397 g/mol. The number of aryl methyl sites for hydroxylation is 1. The molecule has 0 unspecified atom stereocenters. The standard InChI is InChI=1S/C16H16ClN3O3S2/c1-3-20-14(6-7-18-20)11-8-16(24-10-11)25(21,22)19-13-9-12(17)4-5-15(13)23-2/h4-10,19H,3H2,1-2H3. The van der Waals surface area contributed by atoms with Gasteiger partial charge < -0.3 is 4.74 Å². The van der Waals surface area contributed by atoms with Crippen molar-refractivity contribution in [3.8, 4) is 17.0 Å². The topological polar surface area (TPSA) is 73.2 Å². The van der Waals surface area contributed by atoms with Gasteiger partial charge in [-0.1, -0.05) is 11.6 Å². The number of methoxy groups -OCH3 is 1. The van der Waals surface area contributed by atoms with Gasteiger partial charge in [-0.15, -0.1) is 11.3 Å². The summed E-state index contributed by atoms with van der Waals surface area (Å²) in [6, 6.07) is 8.24. The van der Waals surface area contributed by atoms with Gasteiger partial charge in [-0.2, -0.15) is 5.10 Å². The van der Waals surface area contributed by atoms with E-state index in [0.29, 0.717) is 23.0 Å². The fraction of sp³-hybridized carbons (Fsp3) is 0.188. The number of nitrogens with one attached hydrogen (secondary N) is 1. The number of benzene rings is 1. The van der Waals surface area contributed by atoms with Crippen molar-refractivity contribution >= 4 is 38.6 Å². The highest BCUT2D eigenvalue weighted by Crippen LogP contribution is 2.33. The summed E-state index contributed by atoms with van der Waals surface area (Å²) in [5.41, 5.74) is 1.98. The van der Waals surface area contributed by atoms with Gasteiger partial charge in [-0.05, 0) is 37.3 Å². The van der Waals surface area contributed by atoms with Crippen molar-refractivity contribution < 1.29 is 13.2 Å². The van der Waals surface area contributed by atoms with Crippen LogP contribution in [-0.2, 0) is 16.6 Å². The summed E-state index contributed by atoms with van der Waals surface area (Å²) >= 11 is 7.10. The molecular weight excluding hydrogens is 382 g/mol. The molecule has 3 aromatic rings. The number of sulfonamides is 1. The Balaban J connectivity index is 1.93. The van der Waals surface area contributed by atoms with E-state index in [1.54, 1.807) is 29.8 Å². The lowest BCUT2D eigenvalue weighted by molar-refractivity contribution is 0.417. The number of hydrogen-bond acceptors (Lipinski definition) is 5. The van der Waals surface area contributed by atoms with Crippen molar-refractivity contribution in [2.24, 2.45) is 0 Å². The number of nitrogens with zero attached hydrogens (tertiary/aromatic N) is 2. The molecule has 132 valence electrons. The number of anilines is 1. The largest absolute Gasteiger partial charge is 0.495 e. The van der Waals surface area contributed by atoms with Gasteiger partial charge in [0.05, 0.1) is 18.5 Å². The second-order valence-electron chi connectivity index (χ2n) is 5.14. The number of thiophene rings is 1. The van der Waals surface area contributed by atoms with E-state index in [2.05, 4.69) is 9.82 Å². The van der Waals surface area contributed by atoms with Crippen LogP contribution in [0.1, 0.15) is 6.92 Å². The van der Waals surface area contributed by atoms with Crippen molar-refractivity contribution in [3.63, 3.8) is 0 Å². The molecule has 0 aliphatic carbocycles. The molecule has 0 atom stereocenters. The molecule has 0 aliphatic heterocycles. The quantitative estimate of drug-likeness (QED) is 0.679. The third kappa shape index (κ3) is 3.65. The molecule has 2 aromatic heterocycles. The average Bonchev–Trinajstić information content (AvgIpc) is 3.23. The Hall–Kier alpha value is -2.03. The lowest BCUT2D eigenvalue weighted by Crippen LogP contribution is -2.12. The van der Waals surface area contributed by atoms with Gasteiger partial charge >= 0.3 is 0 Å². The molecule has 3 rings (SSSR count). The highest BCUT2D eigenvalue weighted by molar-refractivity contribution is 7.94. The van der Waals surface area contributed by atoms with Crippen molar-refractivity contribution in [2.75, 3.05) is 11.8 Å². The summed E-state index contributed by atoms with van der Waals surface area (Å²) in [5, 5.41) is 6.42. The first-order chi connectivity index (χ1) is 11.9. The Kier molecular flexibility index (Phi) is 5.03. The van der Waals surface area contributed by atoms with E-state index in [4.69, 9.17) is 16.3 Å². The van der Waals surface area contributed by atoms with Crippen LogP contribution in [0.2, 0.25) is 5.02 Å². The Labute approximate surface area is 155 Å². The van der Waals surface area contributed by atoms with Crippen LogP contribution in [-0.4, -0.2) is 25.3 Å². The molecular formula is C16H16ClN3O3S2. The van der Waals surface area contributed by atoms with E-state index < -0.39 is 10.0 Å². The Morgan fingerprint density at radius 3 is 2.84 bits per heavy atom. The fourth-order valence-corrected chi connectivity index (χ4v) is 4.78. The maximum atomic E-state index is 12.7. The zero-order chi connectivity index (χ0) is 18.0. The second-order valence-corrected chi connectivity index (χ2v) is 8.39. The van der Waals surface area contributed by atoms with Crippen LogP contribution < -0.4 is 9.46 Å². The Morgan fingerprint density at radius 2 is 2.12 bits per heavy atom. The first-order valence-corrected chi connectivity index (χ1v) is 10.2. The summed E-state index contributed by atoms with van der Waals surface area (Å²) in [7, 11) is -2.28. The van der Waals surface area contributed by atoms with Crippen LogP contribution in [0.3, 0.4) is 0 Å². The smallest absolute Gasteiger partial charge is 0.271 e. The molecule has 1 aromatic carbocycles. The maximum Gasteiger partial charge on any atom is 0.271 e. The predicted molar refractivity (Wildman–Crippen MR) is 100 cm³/mol. The predicted octanol–water partition coefficient (Wildman–Crippen LogP) is 4.09. The lowest BCUT2D eigenvalue weighted by atomic mass is 10.2. The highest BCUT2D eigenvalue weighted by atomic mass is 35.5. The van der Waals surface area contributed by atoms with E-state index >= 15 is 0 Å². The van der Waals surface area contributed by atoms with E-state index in [1.807, 2.05) is 17.7 Å². The molecule has 2 heterocycles. The second kappa shape index (κ2) is 7.07. The van der Waals surface area contributed by atoms with E-state index in [-0.39, 0.29) is 4.21 Å². The van der Waals surface area contributed by atoms with Gasteiger partial charge in [-0.25, -0.2) is 8.42 Å². The Morgan fingerprint density at radius 1 is 1.32 bits per heavy atom. The molecule has 0 aliphatic rings. The third-order valence-corrected chi connectivity index (χ3v) is 6.60. The highest BCUT2D eigenvalue weighted by Gasteiger charge is 2.20. The first kappa shape index (κ1) is 17.8. The maximum absolute atomic E-state index is 12.7. The molecule has 1 N–H and O–H groups in total. The van der Waals surface area contributed by atoms with Gasteiger partial charge in [-0.3, -0.25) is 9.40 Å². The summed E-state index contributed by atoms with van der Waals surface area (Å²) in [6.07, 6.45) is 1.69. The van der Waals surface area contributed by atoms with E-state index in [0.717, 1.165) is 22.6 Å². The molecule has 0 saturated heterocycles. The molecule has 6 nitrogen and oxygen atoms in total. The minimum atomic E-state index is -3.75. The SMILES string of the molecule is CCn1nccc1-c1csc(S(=O)(=O)Nc2cc(Cl)ccc2OC)c1. The van der Waals surface area contributed by atoms with Gasteiger partial charge in [0.1, 0.15) is 9.96 Å². The molecule has 9 heteroatoms. The van der Waals surface area contributed by atoms with Crippen molar-refractivity contribution in [3.05, 3.63) is 46.9 Å². The average molecular weight is 398 g/mol. The van der Waals surface area contributed by atoms with Crippen molar-refractivity contribution in [2.45, 2.75) is 17.7 Å². The number of hydrogen-bond donors (Lipinski definition) is 1. The van der Waals surface area contributed by atoms with E-state index in [1.165, 1.54) is 13.2 Å². The molecule has 0 fully saturated rings. The molecule has 0 bridgehead atoms. The summed E-state index contributed by atoms with van der Waals surface area (Å²) < 4.78 is 35.1. The van der Waals surface area contributed by atoms with Crippen LogP contribution >= 0.6 is 22.9 Å². The molecule has 0 amide bonds. The fourth-order valence-electron chi connectivity index (χ4n) is 2.38. The molecule has 0 radical (unpaired) electrons. The molecule has 0 spiro atoms.